The highest BCUT2D eigenvalue weighted by Crippen LogP contribution is 2.45. The van der Waals surface area contributed by atoms with E-state index >= 15 is 0 Å². The monoisotopic (exact) mass is 302 g/mol. The minimum atomic E-state index is 0.921. The van der Waals surface area contributed by atoms with Crippen LogP contribution in [0.4, 0.5) is 0 Å². The van der Waals surface area contributed by atoms with Gasteiger partial charge in [-0.05, 0) is 66.5 Å². The lowest BCUT2D eigenvalue weighted by molar-refractivity contribution is 0.398. The fraction of sp³-hybridized carbons (Fsp3) is 0.391. The molecule has 0 heterocycles. The lowest BCUT2D eigenvalue weighted by Gasteiger charge is -2.17. The van der Waals surface area contributed by atoms with Crippen molar-refractivity contribution in [2.45, 2.75) is 38.5 Å². The summed E-state index contributed by atoms with van der Waals surface area (Å²) in [5, 5.41) is 0. The van der Waals surface area contributed by atoms with E-state index in [1.54, 1.807) is 0 Å². The van der Waals surface area contributed by atoms with Crippen LogP contribution < -0.4 is 0 Å². The number of allylic oxidation sites excluding steroid dienone is 2. The summed E-state index contributed by atoms with van der Waals surface area (Å²) in [5.41, 5.74) is 4.11. The fourth-order valence-electron chi connectivity index (χ4n) is 4.46. The van der Waals surface area contributed by atoms with Gasteiger partial charge in [0.2, 0.25) is 0 Å². The van der Waals surface area contributed by atoms with E-state index in [1.165, 1.54) is 55.2 Å². The standard InChI is InChI=1S/C23H26/c1-2-7-20(8-3-1)21-13-10-18(11-14-21)6-4-5-9-22-16-19-12-15-23(22)17-19/h1-3,7-8,10-15,19,22-23H,4-6,9,16-17H2. The lowest BCUT2D eigenvalue weighted by Crippen LogP contribution is -2.06. The van der Waals surface area contributed by atoms with Crippen molar-refractivity contribution < 1.29 is 0 Å². The number of hydrogen-bond acceptors (Lipinski definition) is 0. The summed E-state index contributed by atoms with van der Waals surface area (Å²) in [6.07, 6.45) is 13.2. The Morgan fingerprint density at radius 1 is 0.739 bits per heavy atom. The zero-order valence-electron chi connectivity index (χ0n) is 13.8. The Morgan fingerprint density at radius 3 is 2.22 bits per heavy atom. The van der Waals surface area contributed by atoms with Crippen molar-refractivity contribution in [2.24, 2.45) is 17.8 Å². The predicted octanol–water partition coefficient (Wildman–Crippen LogP) is 6.28. The van der Waals surface area contributed by atoms with E-state index in [1.807, 2.05) is 0 Å². The summed E-state index contributed by atoms with van der Waals surface area (Å²) in [4.78, 5) is 0. The van der Waals surface area contributed by atoms with Gasteiger partial charge in [-0.3, -0.25) is 0 Å². The molecule has 23 heavy (non-hydrogen) atoms. The van der Waals surface area contributed by atoms with E-state index < -0.39 is 0 Å². The van der Waals surface area contributed by atoms with Crippen molar-refractivity contribution in [3.05, 3.63) is 72.3 Å². The predicted molar refractivity (Wildman–Crippen MR) is 98.3 cm³/mol. The van der Waals surface area contributed by atoms with Crippen LogP contribution in [0.25, 0.3) is 11.1 Å². The molecule has 1 fully saturated rings. The van der Waals surface area contributed by atoms with Crippen molar-refractivity contribution in [1.82, 2.24) is 0 Å². The molecule has 2 aromatic rings. The highest BCUT2D eigenvalue weighted by molar-refractivity contribution is 5.63. The van der Waals surface area contributed by atoms with Crippen LogP contribution in [0.1, 0.15) is 37.7 Å². The molecule has 4 rings (SSSR count). The summed E-state index contributed by atoms with van der Waals surface area (Å²) in [6, 6.07) is 19.8. The summed E-state index contributed by atoms with van der Waals surface area (Å²) >= 11 is 0. The molecule has 2 aromatic carbocycles. The molecule has 2 bridgehead atoms. The van der Waals surface area contributed by atoms with Gasteiger partial charge >= 0.3 is 0 Å². The molecular formula is C23H26. The Labute approximate surface area is 140 Å². The van der Waals surface area contributed by atoms with Crippen LogP contribution in [0.15, 0.2) is 66.7 Å². The molecule has 2 aliphatic rings. The maximum Gasteiger partial charge on any atom is -0.0184 e. The minimum absolute atomic E-state index is 0.921. The maximum absolute atomic E-state index is 2.49. The Morgan fingerprint density at radius 2 is 1.52 bits per heavy atom. The average molecular weight is 302 g/mol. The first-order valence-corrected chi connectivity index (χ1v) is 9.21. The first-order valence-electron chi connectivity index (χ1n) is 9.21. The molecule has 2 aliphatic carbocycles. The molecule has 0 nitrogen and oxygen atoms in total. The summed E-state index contributed by atoms with van der Waals surface area (Å²) in [6.45, 7) is 0. The van der Waals surface area contributed by atoms with E-state index in [-0.39, 0.29) is 0 Å². The number of hydrogen-bond donors (Lipinski definition) is 0. The maximum atomic E-state index is 2.49. The SMILES string of the molecule is C1=CC2CC1CC2CCCCc1ccc(-c2ccccc2)cc1. The Balaban J connectivity index is 1.24. The molecule has 3 unspecified atom stereocenters. The number of rotatable bonds is 6. The van der Waals surface area contributed by atoms with Crippen LogP contribution in [-0.2, 0) is 6.42 Å². The molecule has 0 heteroatoms. The van der Waals surface area contributed by atoms with E-state index in [0.717, 1.165) is 17.8 Å². The Kier molecular flexibility index (Phi) is 4.33. The second kappa shape index (κ2) is 6.74. The largest absolute Gasteiger partial charge is 0.0851 e. The smallest absolute Gasteiger partial charge is 0.0184 e. The lowest BCUT2D eigenvalue weighted by atomic mass is 9.88. The molecule has 3 atom stereocenters. The second-order valence-electron chi connectivity index (χ2n) is 7.35. The Hall–Kier alpha value is -1.82. The van der Waals surface area contributed by atoms with Crippen molar-refractivity contribution >= 4 is 0 Å². The molecule has 0 saturated heterocycles. The van der Waals surface area contributed by atoms with Gasteiger partial charge in [-0.15, -0.1) is 0 Å². The third-order valence-corrected chi connectivity index (χ3v) is 5.77. The number of unbranched alkanes of at least 4 members (excludes halogenated alkanes) is 1. The summed E-state index contributed by atoms with van der Waals surface area (Å²) in [7, 11) is 0. The van der Waals surface area contributed by atoms with Crippen LogP contribution in [0, 0.1) is 17.8 Å². The van der Waals surface area contributed by atoms with Gasteiger partial charge in [0.15, 0.2) is 0 Å². The molecule has 0 aliphatic heterocycles. The average Bonchev–Trinajstić information content (AvgIpc) is 3.23. The van der Waals surface area contributed by atoms with Crippen LogP contribution in [0.3, 0.4) is 0 Å². The van der Waals surface area contributed by atoms with Crippen LogP contribution in [0.5, 0.6) is 0 Å². The van der Waals surface area contributed by atoms with E-state index in [0.29, 0.717) is 0 Å². The molecule has 0 N–H and O–H groups in total. The number of fused-ring (bicyclic) bond motifs is 2. The van der Waals surface area contributed by atoms with Crippen molar-refractivity contribution in [1.29, 1.82) is 0 Å². The van der Waals surface area contributed by atoms with Crippen LogP contribution in [-0.4, -0.2) is 0 Å². The third kappa shape index (κ3) is 3.42. The van der Waals surface area contributed by atoms with Gasteiger partial charge in [-0.2, -0.15) is 0 Å². The molecule has 0 amide bonds. The summed E-state index contributed by atoms with van der Waals surface area (Å²) in [5.74, 6) is 2.84. The third-order valence-electron chi connectivity index (χ3n) is 5.77. The van der Waals surface area contributed by atoms with E-state index in [9.17, 15) is 0 Å². The molecule has 118 valence electrons. The molecule has 0 aromatic heterocycles. The quantitative estimate of drug-likeness (QED) is 0.435. The van der Waals surface area contributed by atoms with E-state index in [4.69, 9.17) is 0 Å². The molecule has 0 spiro atoms. The second-order valence-corrected chi connectivity index (χ2v) is 7.35. The van der Waals surface area contributed by atoms with Gasteiger partial charge in [-0.25, -0.2) is 0 Å². The zero-order chi connectivity index (χ0) is 15.5. The molecule has 1 saturated carbocycles. The van der Waals surface area contributed by atoms with Gasteiger partial charge < -0.3 is 0 Å². The van der Waals surface area contributed by atoms with Gasteiger partial charge in [0.25, 0.3) is 0 Å². The highest BCUT2D eigenvalue weighted by atomic mass is 14.4. The van der Waals surface area contributed by atoms with Gasteiger partial charge in [0.1, 0.15) is 0 Å². The Bertz CT molecular complexity index is 650. The normalized spacial score (nSPS) is 25.1. The highest BCUT2D eigenvalue weighted by Gasteiger charge is 2.34. The number of aryl methyl sites for hydroxylation is 1. The molecule has 0 radical (unpaired) electrons. The van der Waals surface area contributed by atoms with Crippen LogP contribution >= 0.6 is 0 Å². The minimum Gasteiger partial charge on any atom is -0.0851 e. The van der Waals surface area contributed by atoms with Gasteiger partial charge in [0.05, 0.1) is 0 Å². The van der Waals surface area contributed by atoms with Crippen molar-refractivity contribution in [2.75, 3.05) is 0 Å². The van der Waals surface area contributed by atoms with Crippen LogP contribution in [0.2, 0.25) is 0 Å². The van der Waals surface area contributed by atoms with Gasteiger partial charge in [0, 0.05) is 0 Å². The fourth-order valence-corrected chi connectivity index (χ4v) is 4.46. The zero-order valence-corrected chi connectivity index (χ0v) is 13.8. The molecular weight excluding hydrogens is 276 g/mol. The van der Waals surface area contributed by atoms with Gasteiger partial charge in [-0.1, -0.05) is 73.2 Å². The van der Waals surface area contributed by atoms with Crippen molar-refractivity contribution in [3.8, 4) is 11.1 Å². The van der Waals surface area contributed by atoms with E-state index in [2.05, 4.69) is 66.7 Å². The first-order chi connectivity index (χ1) is 11.4. The number of benzene rings is 2. The van der Waals surface area contributed by atoms with Crippen molar-refractivity contribution in [3.63, 3.8) is 0 Å². The first kappa shape index (κ1) is 14.8. The summed E-state index contributed by atoms with van der Waals surface area (Å²) < 4.78 is 0. The topological polar surface area (TPSA) is 0 Å².